The monoisotopic (exact) mass is 426 g/mol. The second kappa shape index (κ2) is 10.00. The molecule has 1 aliphatic rings. The molecule has 0 saturated heterocycles. The molecule has 1 aromatic heterocycles. The fraction of sp³-hybridized carbons (Fsp3) is 0.435. The van der Waals surface area contributed by atoms with E-state index in [0.717, 1.165) is 16.8 Å². The van der Waals surface area contributed by atoms with Crippen LogP contribution in [-0.2, 0) is 38.8 Å². The topological polar surface area (TPSA) is 92.8 Å². The molecule has 2 aromatic rings. The molecule has 2 N–H and O–H groups in total. The molecule has 0 radical (unpaired) electrons. The number of nitrogens with zero attached hydrogens (tertiary/aromatic N) is 2. The van der Waals surface area contributed by atoms with Crippen molar-refractivity contribution in [3.8, 4) is 0 Å². The van der Waals surface area contributed by atoms with Crippen LogP contribution in [0, 0.1) is 5.41 Å². The summed E-state index contributed by atoms with van der Waals surface area (Å²) < 4.78 is 10.4. The van der Waals surface area contributed by atoms with Crippen LogP contribution in [0.15, 0.2) is 36.5 Å². The molecule has 0 bridgehead atoms. The van der Waals surface area contributed by atoms with Gasteiger partial charge in [0.2, 0.25) is 11.8 Å². The zero-order chi connectivity index (χ0) is 22.4. The van der Waals surface area contributed by atoms with Gasteiger partial charge < -0.3 is 25.0 Å². The van der Waals surface area contributed by atoms with Crippen LogP contribution in [0.5, 0.6) is 0 Å². The maximum absolute atomic E-state index is 13.0. The van der Waals surface area contributed by atoms with Crippen molar-refractivity contribution < 1.29 is 19.1 Å². The Hall–Kier alpha value is -2.81. The van der Waals surface area contributed by atoms with Gasteiger partial charge in [-0.25, -0.2) is 0 Å². The minimum absolute atomic E-state index is 0.242. The number of amides is 2. The Labute approximate surface area is 182 Å². The highest BCUT2D eigenvalue weighted by Crippen LogP contribution is 2.35. The minimum Gasteiger partial charge on any atom is -0.383 e. The van der Waals surface area contributed by atoms with E-state index in [1.165, 1.54) is 0 Å². The number of carbonyl (C=O) groups is 2. The van der Waals surface area contributed by atoms with Crippen LogP contribution in [0.25, 0.3) is 0 Å². The molecule has 0 fully saturated rings. The van der Waals surface area contributed by atoms with Crippen LogP contribution >= 0.6 is 0 Å². The van der Waals surface area contributed by atoms with Crippen LogP contribution in [-0.4, -0.2) is 44.2 Å². The van der Waals surface area contributed by atoms with Gasteiger partial charge >= 0.3 is 0 Å². The van der Waals surface area contributed by atoms with Gasteiger partial charge in [-0.2, -0.15) is 0 Å². The average Bonchev–Trinajstić information content (AvgIpc) is 2.82. The maximum atomic E-state index is 13.0. The van der Waals surface area contributed by atoms with Crippen LogP contribution in [0.2, 0.25) is 0 Å². The summed E-state index contributed by atoms with van der Waals surface area (Å²) in [6.07, 6.45) is 1.76. The summed E-state index contributed by atoms with van der Waals surface area (Å²) in [5.41, 5.74) is 3.12. The number of pyridine rings is 1. The van der Waals surface area contributed by atoms with Gasteiger partial charge in [0.05, 0.1) is 30.3 Å². The third kappa shape index (κ3) is 5.10. The fourth-order valence-corrected chi connectivity index (χ4v) is 3.50. The van der Waals surface area contributed by atoms with Crippen LogP contribution < -0.4 is 15.5 Å². The minimum atomic E-state index is -1.16. The summed E-state index contributed by atoms with van der Waals surface area (Å²) >= 11 is 0. The number of fused-ring (bicyclic) bond motifs is 1. The first-order valence-corrected chi connectivity index (χ1v) is 10.3. The SMILES string of the molecule is COCCN1C(=O)C(C)(C)C(=O)Nc2cc(CNCc3cccnc3COC)ccc21. The number of benzene rings is 1. The number of aromatic nitrogens is 1. The maximum Gasteiger partial charge on any atom is 0.242 e. The largest absolute Gasteiger partial charge is 0.383 e. The van der Waals surface area contributed by atoms with E-state index in [4.69, 9.17) is 9.47 Å². The van der Waals surface area contributed by atoms with Crippen LogP contribution in [0.4, 0.5) is 11.4 Å². The molecule has 166 valence electrons. The number of rotatable bonds is 9. The van der Waals surface area contributed by atoms with E-state index in [9.17, 15) is 9.59 Å². The normalized spacial score (nSPS) is 15.4. The van der Waals surface area contributed by atoms with E-state index in [1.54, 1.807) is 39.2 Å². The summed E-state index contributed by atoms with van der Waals surface area (Å²) in [5, 5.41) is 6.34. The predicted molar refractivity (Wildman–Crippen MR) is 119 cm³/mol. The van der Waals surface area contributed by atoms with Gasteiger partial charge in [0.1, 0.15) is 5.41 Å². The third-order valence-corrected chi connectivity index (χ3v) is 5.38. The van der Waals surface area contributed by atoms with Crippen molar-refractivity contribution in [2.24, 2.45) is 5.41 Å². The Balaban J connectivity index is 1.78. The number of nitrogens with one attached hydrogen (secondary N) is 2. The van der Waals surface area contributed by atoms with Gasteiger partial charge in [0.25, 0.3) is 0 Å². The fourth-order valence-electron chi connectivity index (χ4n) is 3.50. The first kappa shape index (κ1) is 22.9. The predicted octanol–water partition coefficient (Wildman–Crippen LogP) is 2.48. The van der Waals surface area contributed by atoms with Crippen molar-refractivity contribution in [2.75, 3.05) is 37.6 Å². The summed E-state index contributed by atoms with van der Waals surface area (Å²) in [6, 6.07) is 9.67. The zero-order valence-corrected chi connectivity index (χ0v) is 18.5. The first-order valence-electron chi connectivity index (χ1n) is 10.3. The Bertz CT molecular complexity index is 945. The highest BCUT2D eigenvalue weighted by Gasteiger charge is 2.42. The molecule has 1 aliphatic heterocycles. The van der Waals surface area contributed by atoms with Gasteiger partial charge in [-0.15, -0.1) is 0 Å². The second-order valence-electron chi connectivity index (χ2n) is 8.03. The molecule has 8 heteroatoms. The molecule has 8 nitrogen and oxygen atoms in total. The molecule has 31 heavy (non-hydrogen) atoms. The Morgan fingerprint density at radius 1 is 1.13 bits per heavy atom. The van der Waals surface area contributed by atoms with Gasteiger partial charge in [0.15, 0.2) is 0 Å². The molecule has 2 amide bonds. The highest BCUT2D eigenvalue weighted by molar-refractivity contribution is 6.19. The second-order valence-corrected chi connectivity index (χ2v) is 8.03. The highest BCUT2D eigenvalue weighted by atomic mass is 16.5. The third-order valence-electron chi connectivity index (χ3n) is 5.38. The lowest BCUT2D eigenvalue weighted by molar-refractivity contribution is -0.136. The van der Waals surface area contributed by atoms with Gasteiger partial charge in [-0.1, -0.05) is 12.1 Å². The number of hydrogen-bond donors (Lipinski definition) is 2. The molecule has 0 atom stereocenters. The van der Waals surface area contributed by atoms with Gasteiger partial charge in [-0.05, 0) is 43.2 Å². The van der Waals surface area contributed by atoms with Crippen molar-refractivity contribution in [3.05, 3.63) is 53.3 Å². The average molecular weight is 427 g/mol. The Kier molecular flexibility index (Phi) is 7.37. The summed E-state index contributed by atoms with van der Waals surface area (Å²) in [7, 11) is 3.24. The molecular formula is C23H30N4O4. The summed E-state index contributed by atoms with van der Waals surface area (Å²) in [6.45, 7) is 5.75. The molecule has 3 rings (SSSR count). The number of ether oxygens (including phenoxy) is 2. The summed E-state index contributed by atoms with van der Waals surface area (Å²) in [4.78, 5) is 31.7. The van der Waals surface area contributed by atoms with Crippen molar-refractivity contribution in [2.45, 2.75) is 33.5 Å². The van der Waals surface area contributed by atoms with Gasteiger partial charge in [0, 0.05) is 40.1 Å². The van der Waals surface area contributed by atoms with E-state index in [0.29, 0.717) is 44.2 Å². The molecule has 2 heterocycles. The van der Waals surface area contributed by atoms with E-state index in [1.807, 2.05) is 30.3 Å². The Morgan fingerprint density at radius 2 is 1.94 bits per heavy atom. The lowest BCUT2D eigenvalue weighted by Crippen LogP contribution is -2.46. The number of methoxy groups -OCH3 is 2. The van der Waals surface area contributed by atoms with Crippen molar-refractivity contribution in [1.29, 1.82) is 0 Å². The van der Waals surface area contributed by atoms with E-state index >= 15 is 0 Å². The van der Waals surface area contributed by atoms with Gasteiger partial charge in [-0.3, -0.25) is 14.6 Å². The zero-order valence-electron chi connectivity index (χ0n) is 18.5. The molecule has 0 saturated carbocycles. The number of hydrogen-bond acceptors (Lipinski definition) is 6. The lowest BCUT2D eigenvalue weighted by atomic mass is 9.91. The summed E-state index contributed by atoms with van der Waals surface area (Å²) in [5.74, 6) is -0.558. The standard InChI is InChI=1S/C23H30N4O4/c1-23(2)21(28)26-18-12-16(7-8-20(18)27(22(23)29)10-11-30-3)13-24-14-17-6-5-9-25-19(17)15-31-4/h5-9,12,24H,10-11,13-15H2,1-4H3,(H,26,28). The first-order chi connectivity index (χ1) is 14.9. The Morgan fingerprint density at radius 3 is 2.68 bits per heavy atom. The molecule has 0 aliphatic carbocycles. The van der Waals surface area contributed by atoms with Crippen LogP contribution in [0.3, 0.4) is 0 Å². The van der Waals surface area contributed by atoms with E-state index < -0.39 is 5.41 Å². The van der Waals surface area contributed by atoms with Crippen molar-refractivity contribution in [3.63, 3.8) is 0 Å². The van der Waals surface area contributed by atoms with E-state index in [-0.39, 0.29) is 11.8 Å². The quantitative estimate of drug-likeness (QED) is 0.599. The van der Waals surface area contributed by atoms with Crippen LogP contribution in [0.1, 0.15) is 30.7 Å². The van der Waals surface area contributed by atoms with E-state index in [2.05, 4.69) is 15.6 Å². The number of carbonyl (C=O) groups excluding carboxylic acids is 2. The lowest BCUT2D eigenvalue weighted by Gasteiger charge is -2.27. The van der Waals surface area contributed by atoms with Crippen molar-refractivity contribution in [1.82, 2.24) is 10.3 Å². The molecule has 0 unspecified atom stereocenters. The van der Waals surface area contributed by atoms with Crippen molar-refractivity contribution >= 4 is 23.2 Å². The molecule has 1 aromatic carbocycles. The molecule has 0 spiro atoms. The number of anilines is 2. The smallest absolute Gasteiger partial charge is 0.242 e. The molecular weight excluding hydrogens is 396 g/mol.